The smallest absolute Gasteiger partial charge is 0.144 e. The van der Waals surface area contributed by atoms with Gasteiger partial charge < -0.3 is 4.52 Å². The van der Waals surface area contributed by atoms with Crippen LogP contribution in [0.5, 0.6) is 0 Å². The summed E-state index contributed by atoms with van der Waals surface area (Å²) in [5, 5.41) is 6.40. The second-order valence-electron chi connectivity index (χ2n) is 0.588. The standard InChI is InChI=1S/C2H2N2O.H3P/c1-2-5-4-3-1;/h1-2H;1H3. The zero-order valence-corrected chi connectivity index (χ0v) is 4.58. The van der Waals surface area contributed by atoms with Crippen LogP contribution in [0.1, 0.15) is 0 Å². The average Bonchev–Trinajstić information content (AvgIpc) is 1.76. The molecule has 0 aliphatic heterocycles. The zero-order chi connectivity index (χ0) is 3.54. The molecule has 0 aromatic carbocycles. The van der Waals surface area contributed by atoms with Crippen molar-refractivity contribution in [1.29, 1.82) is 0 Å². The van der Waals surface area contributed by atoms with Gasteiger partial charge in [-0.3, -0.25) is 0 Å². The molecule has 1 rings (SSSR count). The van der Waals surface area contributed by atoms with Crippen molar-refractivity contribution in [2.24, 2.45) is 0 Å². The second-order valence-corrected chi connectivity index (χ2v) is 0.588. The molecular weight excluding hydrogens is 99.0 g/mol. The van der Waals surface area contributed by atoms with Crippen LogP contribution in [0, 0.1) is 0 Å². The van der Waals surface area contributed by atoms with Gasteiger partial charge in [0.25, 0.3) is 0 Å². The molecule has 1 aromatic rings. The Balaban J connectivity index is 0.000000250. The van der Waals surface area contributed by atoms with Gasteiger partial charge in [-0.1, -0.05) is 0 Å². The molecule has 1 atom stereocenters. The highest BCUT2D eigenvalue weighted by molar-refractivity contribution is 6.92. The molecule has 0 spiro atoms. The van der Waals surface area contributed by atoms with Gasteiger partial charge in [-0.05, 0) is 0 Å². The molecule has 1 heterocycles. The van der Waals surface area contributed by atoms with Gasteiger partial charge in [-0.25, -0.2) is 0 Å². The SMILES string of the molecule is P.c1conn1. The Hall–Kier alpha value is -0.430. The number of hydrogen-bond acceptors (Lipinski definition) is 3. The molecule has 3 nitrogen and oxygen atoms in total. The van der Waals surface area contributed by atoms with Crippen LogP contribution in [0.3, 0.4) is 0 Å². The molecule has 0 aliphatic carbocycles. The second kappa shape index (κ2) is 2.79. The average molecular weight is 104 g/mol. The Morgan fingerprint density at radius 2 is 2.33 bits per heavy atom. The van der Waals surface area contributed by atoms with E-state index in [1.807, 2.05) is 0 Å². The highest BCUT2D eigenvalue weighted by Crippen LogP contribution is 1.64. The number of aromatic nitrogens is 2. The third kappa shape index (κ3) is 1.13. The maximum Gasteiger partial charge on any atom is 0.144 e. The summed E-state index contributed by atoms with van der Waals surface area (Å²) in [6.07, 6.45) is 2.88. The number of rotatable bonds is 0. The predicted molar refractivity (Wildman–Crippen MR) is 25.4 cm³/mol. The fourth-order valence-corrected chi connectivity index (χ4v) is 0.136. The highest BCUT2D eigenvalue weighted by Gasteiger charge is 1.61. The molecule has 0 radical (unpaired) electrons. The van der Waals surface area contributed by atoms with Crippen LogP contribution in [0.15, 0.2) is 17.0 Å². The third-order valence-corrected chi connectivity index (χ3v) is 0.283. The highest BCUT2D eigenvalue weighted by atomic mass is 31.0. The van der Waals surface area contributed by atoms with Gasteiger partial charge in [0.05, 0.1) is 6.20 Å². The zero-order valence-electron chi connectivity index (χ0n) is 3.16. The van der Waals surface area contributed by atoms with Gasteiger partial charge in [-0.2, -0.15) is 9.90 Å². The van der Waals surface area contributed by atoms with Crippen LogP contribution < -0.4 is 0 Å². The van der Waals surface area contributed by atoms with Gasteiger partial charge in [0.2, 0.25) is 0 Å². The van der Waals surface area contributed by atoms with E-state index in [-0.39, 0.29) is 9.90 Å². The number of hydrogen-bond donors (Lipinski definition) is 0. The van der Waals surface area contributed by atoms with Crippen molar-refractivity contribution < 1.29 is 4.52 Å². The molecule has 0 aliphatic rings. The Morgan fingerprint density at radius 1 is 1.50 bits per heavy atom. The molecular formula is C2H5N2OP. The quantitative estimate of drug-likeness (QED) is 0.439. The molecule has 0 saturated heterocycles. The molecule has 6 heavy (non-hydrogen) atoms. The summed E-state index contributed by atoms with van der Waals surface area (Å²) < 4.78 is 4.22. The van der Waals surface area contributed by atoms with E-state index in [0.717, 1.165) is 0 Å². The lowest BCUT2D eigenvalue weighted by molar-refractivity contribution is 0.393. The van der Waals surface area contributed by atoms with E-state index in [1.165, 1.54) is 12.5 Å². The molecule has 0 saturated carbocycles. The normalized spacial score (nSPS) is 6.67. The molecule has 0 fully saturated rings. The predicted octanol–water partition coefficient (Wildman–Crippen LogP) is 0.128. The van der Waals surface area contributed by atoms with Crippen LogP contribution in [0.4, 0.5) is 0 Å². The summed E-state index contributed by atoms with van der Waals surface area (Å²) in [5.41, 5.74) is 0. The van der Waals surface area contributed by atoms with Gasteiger partial charge in [0, 0.05) is 5.27 Å². The minimum atomic E-state index is 0. The first-order valence-electron chi connectivity index (χ1n) is 1.21. The number of nitrogens with zero attached hydrogens (tertiary/aromatic N) is 2. The lowest BCUT2D eigenvalue weighted by atomic mass is 11.0. The molecule has 1 unspecified atom stereocenters. The van der Waals surface area contributed by atoms with E-state index >= 15 is 0 Å². The van der Waals surface area contributed by atoms with E-state index in [0.29, 0.717) is 0 Å². The summed E-state index contributed by atoms with van der Waals surface area (Å²) >= 11 is 0. The largest absolute Gasteiger partial charge is 0.346 e. The lowest BCUT2D eigenvalue weighted by Crippen LogP contribution is -1.53. The Morgan fingerprint density at radius 3 is 2.50 bits per heavy atom. The van der Waals surface area contributed by atoms with E-state index in [1.54, 1.807) is 0 Å². The van der Waals surface area contributed by atoms with Crippen LogP contribution in [0.2, 0.25) is 0 Å². The van der Waals surface area contributed by atoms with Crippen molar-refractivity contribution in [3.63, 3.8) is 0 Å². The minimum Gasteiger partial charge on any atom is -0.346 e. The van der Waals surface area contributed by atoms with Crippen LogP contribution in [0.25, 0.3) is 0 Å². The molecule has 1 aromatic heterocycles. The van der Waals surface area contributed by atoms with Crippen molar-refractivity contribution in [2.45, 2.75) is 0 Å². The van der Waals surface area contributed by atoms with E-state index < -0.39 is 0 Å². The van der Waals surface area contributed by atoms with Gasteiger partial charge in [0.1, 0.15) is 6.26 Å². The summed E-state index contributed by atoms with van der Waals surface area (Å²) in [6.45, 7) is 0. The first-order valence-corrected chi connectivity index (χ1v) is 1.21. The maximum absolute atomic E-state index is 4.22. The first kappa shape index (κ1) is 5.57. The van der Waals surface area contributed by atoms with Crippen LogP contribution >= 0.6 is 9.90 Å². The molecule has 0 bridgehead atoms. The first-order chi connectivity index (χ1) is 2.50. The van der Waals surface area contributed by atoms with Gasteiger partial charge in [-0.15, -0.1) is 5.10 Å². The van der Waals surface area contributed by atoms with Crippen molar-refractivity contribution in [3.05, 3.63) is 12.5 Å². The van der Waals surface area contributed by atoms with Crippen molar-refractivity contribution >= 4 is 9.90 Å². The van der Waals surface area contributed by atoms with Crippen molar-refractivity contribution in [2.75, 3.05) is 0 Å². The van der Waals surface area contributed by atoms with Gasteiger partial charge in [0.15, 0.2) is 0 Å². The molecule has 0 amide bonds. The summed E-state index contributed by atoms with van der Waals surface area (Å²) in [5.74, 6) is 0. The lowest BCUT2D eigenvalue weighted by Gasteiger charge is -1.45. The Bertz CT molecular complexity index is 68.0. The van der Waals surface area contributed by atoms with Crippen LogP contribution in [-0.2, 0) is 0 Å². The van der Waals surface area contributed by atoms with E-state index in [9.17, 15) is 0 Å². The molecule has 34 valence electrons. The topological polar surface area (TPSA) is 38.9 Å². The summed E-state index contributed by atoms with van der Waals surface area (Å²) in [6, 6.07) is 0. The maximum atomic E-state index is 4.22. The fourth-order valence-electron chi connectivity index (χ4n) is 0.136. The Kier molecular flexibility index (Phi) is 2.59. The summed E-state index contributed by atoms with van der Waals surface area (Å²) in [4.78, 5) is 0. The van der Waals surface area contributed by atoms with Crippen molar-refractivity contribution in [1.82, 2.24) is 10.4 Å². The monoisotopic (exact) mass is 104 g/mol. The minimum absolute atomic E-state index is 0. The summed E-state index contributed by atoms with van der Waals surface area (Å²) in [7, 11) is 0. The third-order valence-electron chi connectivity index (χ3n) is 0.283. The van der Waals surface area contributed by atoms with E-state index in [2.05, 4.69) is 14.9 Å². The van der Waals surface area contributed by atoms with Gasteiger partial charge >= 0.3 is 0 Å². The van der Waals surface area contributed by atoms with E-state index in [4.69, 9.17) is 0 Å². The Labute approximate surface area is 38.3 Å². The fraction of sp³-hybridized carbons (Fsp3) is 0. The molecule has 4 heteroatoms. The van der Waals surface area contributed by atoms with Crippen LogP contribution in [-0.4, -0.2) is 10.4 Å². The van der Waals surface area contributed by atoms with Crippen molar-refractivity contribution in [3.8, 4) is 0 Å². The molecule has 0 N–H and O–H groups in total.